The van der Waals surface area contributed by atoms with E-state index in [9.17, 15) is 18.0 Å². The van der Waals surface area contributed by atoms with Gasteiger partial charge in [-0.2, -0.15) is 18.3 Å². The van der Waals surface area contributed by atoms with Gasteiger partial charge < -0.3 is 10.2 Å². The van der Waals surface area contributed by atoms with E-state index in [1.54, 1.807) is 15.8 Å². The number of hydrogen-bond donors (Lipinski definition) is 1. The van der Waals surface area contributed by atoms with Crippen LogP contribution >= 0.6 is 0 Å². The van der Waals surface area contributed by atoms with Crippen molar-refractivity contribution in [1.29, 1.82) is 0 Å². The molecule has 136 valence electrons. The Bertz CT molecular complexity index is 512. The van der Waals surface area contributed by atoms with Crippen molar-refractivity contribution in [2.75, 3.05) is 32.7 Å². The van der Waals surface area contributed by atoms with Crippen molar-refractivity contribution in [1.82, 2.24) is 24.9 Å². The molecule has 2 rings (SSSR count). The van der Waals surface area contributed by atoms with Crippen molar-refractivity contribution >= 4 is 6.03 Å². The van der Waals surface area contributed by atoms with Crippen LogP contribution < -0.4 is 5.32 Å². The fourth-order valence-electron chi connectivity index (χ4n) is 2.68. The SMILES string of the molecule is C[C@@H](CNC(=O)N1CCN([C@@H](C)C(F)(F)F)CC1)Cn1cccn1. The number of nitrogens with one attached hydrogen (secondary N) is 1. The summed E-state index contributed by atoms with van der Waals surface area (Å²) in [5.74, 6) is 0.209. The second kappa shape index (κ2) is 7.87. The zero-order chi connectivity index (χ0) is 17.7. The van der Waals surface area contributed by atoms with Gasteiger partial charge in [-0.05, 0) is 18.9 Å². The summed E-state index contributed by atoms with van der Waals surface area (Å²) in [6.07, 6.45) is -0.668. The average Bonchev–Trinajstić information content (AvgIpc) is 3.04. The Morgan fingerprint density at radius 2 is 1.92 bits per heavy atom. The Morgan fingerprint density at radius 1 is 1.25 bits per heavy atom. The van der Waals surface area contributed by atoms with Crippen molar-refractivity contribution in [3.05, 3.63) is 18.5 Å². The quantitative estimate of drug-likeness (QED) is 0.884. The van der Waals surface area contributed by atoms with Gasteiger partial charge in [-0.1, -0.05) is 6.92 Å². The maximum atomic E-state index is 12.7. The number of rotatable bonds is 5. The van der Waals surface area contributed by atoms with E-state index in [1.165, 1.54) is 4.90 Å². The number of carbonyl (C=O) groups is 1. The zero-order valence-electron chi connectivity index (χ0n) is 14.0. The van der Waals surface area contributed by atoms with Gasteiger partial charge >= 0.3 is 12.2 Å². The molecule has 0 aliphatic carbocycles. The van der Waals surface area contributed by atoms with Crippen LogP contribution in [0.3, 0.4) is 0 Å². The van der Waals surface area contributed by atoms with Crippen molar-refractivity contribution in [2.45, 2.75) is 32.6 Å². The first kappa shape index (κ1) is 18.6. The van der Waals surface area contributed by atoms with Crippen LogP contribution in [0.2, 0.25) is 0 Å². The number of amides is 2. The normalized spacial score (nSPS) is 19.1. The lowest BCUT2D eigenvalue weighted by Gasteiger charge is -2.38. The summed E-state index contributed by atoms with van der Waals surface area (Å²) in [6, 6.07) is 0.144. The summed E-state index contributed by atoms with van der Waals surface area (Å²) in [5.41, 5.74) is 0. The van der Waals surface area contributed by atoms with Crippen molar-refractivity contribution in [2.24, 2.45) is 5.92 Å². The molecule has 2 atom stereocenters. The summed E-state index contributed by atoms with van der Waals surface area (Å²) >= 11 is 0. The smallest absolute Gasteiger partial charge is 0.338 e. The highest BCUT2D eigenvalue weighted by atomic mass is 19.4. The predicted octanol–water partition coefficient (Wildman–Crippen LogP) is 1.80. The largest absolute Gasteiger partial charge is 0.403 e. The molecule has 1 aromatic heterocycles. The Balaban J connectivity index is 1.71. The molecule has 1 N–H and O–H groups in total. The first-order chi connectivity index (χ1) is 11.3. The minimum absolute atomic E-state index is 0.209. The standard InChI is InChI=1S/C15H24F3N5O/c1-12(11-23-5-3-4-20-23)10-19-14(24)22-8-6-21(7-9-22)13(2)15(16,17)18/h3-5,12-13H,6-11H2,1-2H3,(H,19,24)/t12-,13-/m0/s1. The topological polar surface area (TPSA) is 53.4 Å². The Labute approximate surface area is 139 Å². The van der Waals surface area contributed by atoms with Gasteiger partial charge in [0.1, 0.15) is 6.04 Å². The van der Waals surface area contributed by atoms with Crippen LogP contribution in [0.15, 0.2) is 18.5 Å². The summed E-state index contributed by atoms with van der Waals surface area (Å²) in [4.78, 5) is 15.1. The van der Waals surface area contributed by atoms with Gasteiger partial charge in [-0.3, -0.25) is 9.58 Å². The molecule has 1 saturated heterocycles. The molecule has 1 aliphatic heterocycles. The van der Waals surface area contributed by atoms with E-state index in [0.717, 1.165) is 6.92 Å². The predicted molar refractivity (Wildman–Crippen MR) is 83.5 cm³/mol. The van der Waals surface area contributed by atoms with Gasteiger partial charge in [0.25, 0.3) is 0 Å². The molecule has 0 bridgehead atoms. The number of carbonyl (C=O) groups excluding carboxylic acids is 1. The summed E-state index contributed by atoms with van der Waals surface area (Å²) in [5, 5.41) is 6.96. The lowest BCUT2D eigenvalue weighted by atomic mass is 10.2. The lowest BCUT2D eigenvalue weighted by Crippen LogP contribution is -2.56. The highest BCUT2D eigenvalue weighted by Gasteiger charge is 2.41. The molecule has 0 spiro atoms. The van der Waals surface area contributed by atoms with Gasteiger partial charge in [0.15, 0.2) is 0 Å². The fraction of sp³-hybridized carbons (Fsp3) is 0.733. The summed E-state index contributed by atoms with van der Waals surface area (Å²) in [6.45, 7) is 5.44. The summed E-state index contributed by atoms with van der Waals surface area (Å²) in [7, 11) is 0. The van der Waals surface area contributed by atoms with Crippen LogP contribution in [-0.4, -0.2) is 70.6 Å². The number of aromatic nitrogens is 2. The number of nitrogens with zero attached hydrogens (tertiary/aromatic N) is 4. The minimum Gasteiger partial charge on any atom is -0.338 e. The van der Waals surface area contributed by atoms with E-state index in [-0.39, 0.29) is 25.0 Å². The first-order valence-corrected chi connectivity index (χ1v) is 8.08. The van der Waals surface area contributed by atoms with E-state index in [4.69, 9.17) is 0 Å². The third-order valence-corrected chi connectivity index (χ3v) is 4.28. The zero-order valence-corrected chi connectivity index (χ0v) is 14.0. The molecule has 2 heterocycles. The molecule has 1 fully saturated rings. The van der Waals surface area contributed by atoms with Crippen molar-refractivity contribution in [3.63, 3.8) is 0 Å². The van der Waals surface area contributed by atoms with Gasteiger partial charge in [0.2, 0.25) is 0 Å². The number of alkyl halides is 3. The summed E-state index contributed by atoms with van der Waals surface area (Å²) < 4.78 is 39.9. The minimum atomic E-state index is -4.23. The van der Waals surface area contributed by atoms with Crippen LogP contribution in [0, 0.1) is 5.92 Å². The van der Waals surface area contributed by atoms with Gasteiger partial charge in [-0.25, -0.2) is 4.79 Å². The number of piperazine rings is 1. The van der Waals surface area contributed by atoms with Gasteiger partial charge in [0, 0.05) is 51.7 Å². The molecular weight excluding hydrogens is 323 g/mol. The van der Waals surface area contributed by atoms with Crippen LogP contribution in [0.4, 0.5) is 18.0 Å². The van der Waals surface area contributed by atoms with Crippen molar-refractivity contribution in [3.8, 4) is 0 Å². The van der Waals surface area contributed by atoms with Crippen molar-refractivity contribution < 1.29 is 18.0 Å². The van der Waals surface area contributed by atoms with Crippen LogP contribution in [0.25, 0.3) is 0 Å². The molecule has 9 heteroatoms. The molecule has 0 radical (unpaired) electrons. The highest BCUT2D eigenvalue weighted by molar-refractivity contribution is 5.74. The third kappa shape index (κ3) is 5.12. The maximum absolute atomic E-state index is 12.7. The van der Waals surface area contributed by atoms with Gasteiger partial charge in [-0.15, -0.1) is 0 Å². The molecule has 0 aromatic carbocycles. The van der Waals surface area contributed by atoms with E-state index in [2.05, 4.69) is 10.4 Å². The fourth-order valence-corrected chi connectivity index (χ4v) is 2.68. The Hall–Kier alpha value is -1.77. The first-order valence-electron chi connectivity index (χ1n) is 8.08. The molecule has 1 aromatic rings. The second-order valence-corrected chi connectivity index (χ2v) is 6.26. The Morgan fingerprint density at radius 3 is 2.46 bits per heavy atom. The Kier molecular flexibility index (Phi) is 6.09. The third-order valence-electron chi connectivity index (χ3n) is 4.28. The highest BCUT2D eigenvalue weighted by Crippen LogP contribution is 2.25. The van der Waals surface area contributed by atoms with Gasteiger partial charge in [0.05, 0.1) is 0 Å². The van der Waals surface area contributed by atoms with Crippen LogP contribution in [0.1, 0.15) is 13.8 Å². The molecular formula is C15H24F3N5O. The molecule has 6 nitrogen and oxygen atoms in total. The molecule has 24 heavy (non-hydrogen) atoms. The second-order valence-electron chi connectivity index (χ2n) is 6.26. The molecule has 0 unspecified atom stereocenters. The number of urea groups is 1. The van der Waals surface area contributed by atoms with E-state index in [1.807, 2.05) is 19.2 Å². The van der Waals surface area contributed by atoms with E-state index < -0.39 is 12.2 Å². The maximum Gasteiger partial charge on any atom is 0.403 e. The van der Waals surface area contributed by atoms with Crippen LogP contribution in [-0.2, 0) is 6.54 Å². The molecule has 0 saturated carbocycles. The lowest BCUT2D eigenvalue weighted by molar-refractivity contribution is -0.181. The number of hydrogen-bond acceptors (Lipinski definition) is 3. The molecule has 2 amide bonds. The average molecular weight is 347 g/mol. The molecule has 1 aliphatic rings. The van der Waals surface area contributed by atoms with E-state index in [0.29, 0.717) is 26.2 Å². The number of halogens is 3. The van der Waals surface area contributed by atoms with Crippen LogP contribution in [0.5, 0.6) is 0 Å². The monoisotopic (exact) mass is 347 g/mol. The van der Waals surface area contributed by atoms with E-state index >= 15 is 0 Å².